The van der Waals surface area contributed by atoms with E-state index in [1.54, 1.807) is 0 Å². The van der Waals surface area contributed by atoms with Crippen LogP contribution < -0.4 is 10.6 Å². The summed E-state index contributed by atoms with van der Waals surface area (Å²) in [6.07, 6.45) is 5.03. The second-order valence-corrected chi connectivity index (χ2v) is 3.78. The van der Waals surface area contributed by atoms with E-state index in [0.717, 1.165) is 12.8 Å². The first-order chi connectivity index (χ1) is 6.68. The molecule has 1 saturated carbocycles. The van der Waals surface area contributed by atoms with Crippen molar-refractivity contribution in [2.45, 2.75) is 45.1 Å². The van der Waals surface area contributed by atoms with Gasteiger partial charge in [0.25, 0.3) is 0 Å². The smallest absolute Gasteiger partial charge is 0.221 e. The fourth-order valence-electron chi connectivity index (χ4n) is 1.72. The lowest BCUT2D eigenvalue weighted by Crippen LogP contribution is -2.35. The molecule has 1 aliphatic rings. The van der Waals surface area contributed by atoms with Crippen LogP contribution in [0.3, 0.4) is 0 Å². The lowest BCUT2D eigenvalue weighted by Gasteiger charge is -2.11. The van der Waals surface area contributed by atoms with Crippen LogP contribution in [0.4, 0.5) is 0 Å². The van der Waals surface area contributed by atoms with Crippen LogP contribution in [0.2, 0.25) is 0 Å². The molecule has 1 fully saturated rings. The summed E-state index contributed by atoms with van der Waals surface area (Å²) in [6.45, 7) is 1.89. The molecule has 80 valence electrons. The Bertz CT molecular complexity index is 210. The van der Waals surface area contributed by atoms with Crippen LogP contribution in [-0.4, -0.2) is 24.4 Å². The zero-order chi connectivity index (χ0) is 10.4. The van der Waals surface area contributed by atoms with Gasteiger partial charge in [-0.2, -0.15) is 0 Å². The third-order valence-corrected chi connectivity index (χ3v) is 2.45. The fraction of sp³-hybridized carbons (Fsp3) is 0.800. The van der Waals surface area contributed by atoms with Crippen LogP contribution in [0.1, 0.15) is 39.0 Å². The molecule has 0 radical (unpaired) electrons. The van der Waals surface area contributed by atoms with Gasteiger partial charge in [0, 0.05) is 25.9 Å². The standard InChI is InChI=1S/C10H18N2O2/c1-8(13)11-7-6-10(14)12-9-4-2-3-5-9/h9H,2-7H2,1H3,(H,11,13)(H,12,14). The maximum atomic E-state index is 11.3. The van der Waals surface area contributed by atoms with E-state index in [1.165, 1.54) is 19.8 Å². The van der Waals surface area contributed by atoms with E-state index in [4.69, 9.17) is 0 Å². The van der Waals surface area contributed by atoms with Crippen LogP contribution in [0.15, 0.2) is 0 Å². The molecule has 0 unspecified atom stereocenters. The van der Waals surface area contributed by atoms with E-state index < -0.39 is 0 Å². The molecular formula is C10H18N2O2. The maximum Gasteiger partial charge on any atom is 0.221 e. The van der Waals surface area contributed by atoms with Crippen molar-refractivity contribution in [1.29, 1.82) is 0 Å². The molecule has 4 heteroatoms. The Kier molecular flexibility index (Phi) is 4.43. The van der Waals surface area contributed by atoms with Gasteiger partial charge < -0.3 is 10.6 Å². The highest BCUT2D eigenvalue weighted by molar-refractivity contribution is 5.78. The Morgan fingerprint density at radius 3 is 2.50 bits per heavy atom. The van der Waals surface area contributed by atoms with Crippen molar-refractivity contribution in [2.75, 3.05) is 6.54 Å². The minimum atomic E-state index is -0.0846. The van der Waals surface area contributed by atoms with Gasteiger partial charge in [-0.05, 0) is 12.8 Å². The summed E-state index contributed by atoms with van der Waals surface area (Å²) in [5, 5.41) is 5.56. The Morgan fingerprint density at radius 1 is 1.29 bits per heavy atom. The number of carbonyl (C=O) groups excluding carboxylic acids is 2. The molecule has 0 aromatic heterocycles. The highest BCUT2D eigenvalue weighted by Crippen LogP contribution is 2.17. The highest BCUT2D eigenvalue weighted by atomic mass is 16.2. The molecule has 0 heterocycles. The molecule has 0 aromatic rings. The van der Waals surface area contributed by atoms with Crippen LogP contribution in [0, 0.1) is 0 Å². The van der Waals surface area contributed by atoms with Gasteiger partial charge in [0.2, 0.25) is 11.8 Å². The Balaban J connectivity index is 2.06. The van der Waals surface area contributed by atoms with Gasteiger partial charge in [-0.25, -0.2) is 0 Å². The van der Waals surface area contributed by atoms with Gasteiger partial charge in [-0.1, -0.05) is 12.8 Å². The normalized spacial score (nSPS) is 16.6. The SMILES string of the molecule is CC(=O)NCCC(=O)NC1CCCC1. The van der Waals surface area contributed by atoms with Crippen LogP contribution in [0.5, 0.6) is 0 Å². The van der Waals surface area contributed by atoms with E-state index in [0.29, 0.717) is 19.0 Å². The van der Waals surface area contributed by atoms with Crippen molar-refractivity contribution in [1.82, 2.24) is 10.6 Å². The molecule has 1 aliphatic carbocycles. The average molecular weight is 198 g/mol. The van der Waals surface area contributed by atoms with Crippen LogP contribution in [-0.2, 0) is 9.59 Å². The number of rotatable bonds is 4. The summed E-state index contributed by atoms with van der Waals surface area (Å²) in [6, 6.07) is 0.375. The van der Waals surface area contributed by atoms with E-state index in [1.807, 2.05) is 0 Å². The summed E-state index contributed by atoms with van der Waals surface area (Å²) in [4.78, 5) is 21.8. The van der Waals surface area contributed by atoms with Gasteiger partial charge in [0.1, 0.15) is 0 Å². The monoisotopic (exact) mass is 198 g/mol. The molecule has 4 nitrogen and oxygen atoms in total. The first kappa shape index (κ1) is 11.0. The second kappa shape index (κ2) is 5.62. The molecule has 14 heavy (non-hydrogen) atoms. The molecule has 0 aromatic carbocycles. The van der Waals surface area contributed by atoms with Crippen LogP contribution >= 0.6 is 0 Å². The molecule has 0 spiro atoms. The van der Waals surface area contributed by atoms with E-state index >= 15 is 0 Å². The zero-order valence-electron chi connectivity index (χ0n) is 8.64. The lowest BCUT2D eigenvalue weighted by molar-refractivity contribution is -0.122. The molecule has 0 saturated heterocycles. The van der Waals surface area contributed by atoms with Gasteiger partial charge in [-0.3, -0.25) is 9.59 Å². The highest BCUT2D eigenvalue weighted by Gasteiger charge is 2.16. The van der Waals surface area contributed by atoms with Crippen molar-refractivity contribution >= 4 is 11.8 Å². The zero-order valence-corrected chi connectivity index (χ0v) is 8.64. The molecule has 0 bridgehead atoms. The third kappa shape index (κ3) is 4.25. The van der Waals surface area contributed by atoms with E-state index in [9.17, 15) is 9.59 Å². The quantitative estimate of drug-likeness (QED) is 0.694. The van der Waals surface area contributed by atoms with E-state index in [2.05, 4.69) is 10.6 Å². The lowest BCUT2D eigenvalue weighted by atomic mass is 10.2. The summed E-state index contributed by atoms with van der Waals surface area (Å²) in [5.41, 5.74) is 0. The fourth-order valence-corrected chi connectivity index (χ4v) is 1.72. The second-order valence-electron chi connectivity index (χ2n) is 3.78. The number of nitrogens with one attached hydrogen (secondary N) is 2. The average Bonchev–Trinajstić information content (AvgIpc) is 2.56. The molecule has 0 atom stereocenters. The summed E-state index contributed by atoms with van der Waals surface area (Å²) < 4.78 is 0. The van der Waals surface area contributed by atoms with Crippen molar-refractivity contribution in [3.8, 4) is 0 Å². The third-order valence-electron chi connectivity index (χ3n) is 2.45. The molecular weight excluding hydrogens is 180 g/mol. The van der Waals surface area contributed by atoms with Crippen molar-refractivity contribution in [3.63, 3.8) is 0 Å². The van der Waals surface area contributed by atoms with Crippen LogP contribution in [0.25, 0.3) is 0 Å². The number of carbonyl (C=O) groups is 2. The van der Waals surface area contributed by atoms with Gasteiger partial charge in [-0.15, -0.1) is 0 Å². The molecule has 2 amide bonds. The maximum absolute atomic E-state index is 11.3. The number of hydrogen-bond donors (Lipinski definition) is 2. The summed E-state index contributed by atoms with van der Waals surface area (Å²) in [7, 11) is 0. The summed E-state index contributed by atoms with van der Waals surface area (Å²) in [5.74, 6) is -0.0377. The predicted octanol–water partition coefficient (Wildman–Crippen LogP) is 0.571. The van der Waals surface area contributed by atoms with Gasteiger partial charge >= 0.3 is 0 Å². The van der Waals surface area contributed by atoms with Crippen molar-refractivity contribution < 1.29 is 9.59 Å². The predicted molar refractivity (Wildman–Crippen MR) is 53.7 cm³/mol. The summed E-state index contributed by atoms with van der Waals surface area (Å²) >= 11 is 0. The van der Waals surface area contributed by atoms with E-state index in [-0.39, 0.29) is 11.8 Å². The number of amides is 2. The molecule has 0 aliphatic heterocycles. The largest absolute Gasteiger partial charge is 0.356 e. The first-order valence-electron chi connectivity index (χ1n) is 5.22. The van der Waals surface area contributed by atoms with Crippen molar-refractivity contribution in [3.05, 3.63) is 0 Å². The first-order valence-corrected chi connectivity index (χ1v) is 5.22. The van der Waals surface area contributed by atoms with Gasteiger partial charge in [0.15, 0.2) is 0 Å². The van der Waals surface area contributed by atoms with Crippen molar-refractivity contribution in [2.24, 2.45) is 0 Å². The topological polar surface area (TPSA) is 58.2 Å². The molecule has 1 rings (SSSR count). The van der Waals surface area contributed by atoms with Gasteiger partial charge in [0.05, 0.1) is 0 Å². The molecule has 2 N–H and O–H groups in total. The Hall–Kier alpha value is -1.06. The Morgan fingerprint density at radius 2 is 1.93 bits per heavy atom. The number of hydrogen-bond acceptors (Lipinski definition) is 2. The Labute approximate surface area is 84.4 Å². The minimum Gasteiger partial charge on any atom is -0.356 e. The minimum absolute atomic E-state index is 0.0469.